The van der Waals surface area contributed by atoms with Gasteiger partial charge in [0.15, 0.2) is 0 Å². The Morgan fingerprint density at radius 1 is 1.16 bits per heavy atom. The molecule has 6 heteroatoms. The van der Waals surface area contributed by atoms with Crippen molar-refractivity contribution in [2.45, 2.75) is 33.5 Å². The van der Waals surface area contributed by atoms with Crippen molar-refractivity contribution in [3.05, 3.63) is 35.4 Å². The summed E-state index contributed by atoms with van der Waals surface area (Å²) in [5.41, 5.74) is -0.796. The first-order valence-corrected chi connectivity index (χ1v) is 5.74. The lowest BCUT2D eigenvalue weighted by molar-refractivity contribution is -0.140. The topological polar surface area (TPSA) is 46.3 Å². The van der Waals surface area contributed by atoms with Gasteiger partial charge in [-0.05, 0) is 17.7 Å². The Hall–Kier alpha value is -1.56. The highest BCUT2D eigenvalue weighted by Crippen LogP contribution is 2.29. The molecular formula is C13H17F3N2O. The summed E-state index contributed by atoms with van der Waals surface area (Å²) in [6.45, 7) is 5.25. The number of alkyl halides is 3. The fourth-order valence-corrected chi connectivity index (χ4v) is 1.50. The number of hydrazine groups is 1. The Labute approximate surface area is 110 Å². The SMILES string of the molecule is CC(C)(C)C(=O)N(N)Cc1ccc(C(F)(F)F)cc1. The van der Waals surface area contributed by atoms with E-state index >= 15 is 0 Å². The van der Waals surface area contributed by atoms with E-state index in [-0.39, 0.29) is 12.5 Å². The van der Waals surface area contributed by atoms with Crippen LogP contribution in [0.25, 0.3) is 0 Å². The van der Waals surface area contributed by atoms with Gasteiger partial charge in [-0.2, -0.15) is 13.2 Å². The number of benzene rings is 1. The molecule has 0 aromatic heterocycles. The molecular weight excluding hydrogens is 257 g/mol. The molecule has 0 bridgehead atoms. The molecule has 0 aliphatic rings. The van der Waals surface area contributed by atoms with Crippen molar-refractivity contribution in [2.24, 2.45) is 11.3 Å². The zero-order valence-corrected chi connectivity index (χ0v) is 11.1. The maximum absolute atomic E-state index is 12.4. The molecule has 0 radical (unpaired) electrons. The molecule has 1 amide bonds. The highest BCUT2D eigenvalue weighted by molar-refractivity contribution is 5.80. The van der Waals surface area contributed by atoms with Gasteiger partial charge in [-0.25, -0.2) is 5.84 Å². The number of carbonyl (C=O) groups is 1. The lowest BCUT2D eigenvalue weighted by Crippen LogP contribution is -2.43. The third kappa shape index (κ3) is 4.24. The fourth-order valence-electron chi connectivity index (χ4n) is 1.50. The van der Waals surface area contributed by atoms with Crippen molar-refractivity contribution in [1.29, 1.82) is 0 Å². The summed E-state index contributed by atoms with van der Waals surface area (Å²) in [5.74, 6) is 5.35. The molecule has 106 valence electrons. The van der Waals surface area contributed by atoms with Crippen LogP contribution in [0, 0.1) is 5.41 Å². The van der Waals surface area contributed by atoms with Gasteiger partial charge in [-0.15, -0.1) is 0 Å². The first kappa shape index (κ1) is 15.5. The Kier molecular flexibility index (Phi) is 4.25. The van der Waals surface area contributed by atoms with E-state index in [1.807, 2.05) is 0 Å². The van der Waals surface area contributed by atoms with Crippen LogP contribution in [0.3, 0.4) is 0 Å². The molecule has 0 heterocycles. The number of rotatable bonds is 2. The van der Waals surface area contributed by atoms with Gasteiger partial charge in [0.2, 0.25) is 5.91 Å². The third-order valence-corrected chi connectivity index (χ3v) is 2.54. The van der Waals surface area contributed by atoms with Gasteiger partial charge in [-0.1, -0.05) is 32.9 Å². The predicted octanol–water partition coefficient (Wildman–Crippen LogP) is 2.95. The van der Waals surface area contributed by atoms with Crippen LogP contribution in [0.1, 0.15) is 31.9 Å². The highest BCUT2D eigenvalue weighted by Gasteiger charge is 2.30. The van der Waals surface area contributed by atoms with Crippen LogP contribution < -0.4 is 5.84 Å². The minimum Gasteiger partial charge on any atom is -0.276 e. The minimum absolute atomic E-state index is 0.0776. The van der Waals surface area contributed by atoms with E-state index in [0.717, 1.165) is 17.1 Å². The van der Waals surface area contributed by atoms with Gasteiger partial charge in [0, 0.05) is 5.41 Å². The van der Waals surface area contributed by atoms with Gasteiger partial charge in [0.25, 0.3) is 0 Å². The highest BCUT2D eigenvalue weighted by atomic mass is 19.4. The molecule has 3 nitrogen and oxygen atoms in total. The van der Waals surface area contributed by atoms with E-state index in [9.17, 15) is 18.0 Å². The van der Waals surface area contributed by atoms with Crippen molar-refractivity contribution >= 4 is 5.91 Å². The second-order valence-electron chi connectivity index (χ2n) is 5.38. The van der Waals surface area contributed by atoms with Crippen LogP contribution in [-0.2, 0) is 17.5 Å². The zero-order chi connectivity index (χ0) is 14.8. The maximum atomic E-state index is 12.4. The molecule has 1 rings (SSSR count). The fraction of sp³-hybridized carbons (Fsp3) is 0.462. The van der Waals surface area contributed by atoms with Crippen LogP contribution in [0.4, 0.5) is 13.2 Å². The quantitative estimate of drug-likeness (QED) is 0.512. The summed E-state index contributed by atoms with van der Waals surface area (Å²) in [5, 5.41) is 1.02. The van der Waals surface area contributed by atoms with Crippen molar-refractivity contribution in [2.75, 3.05) is 0 Å². The first-order valence-electron chi connectivity index (χ1n) is 5.74. The molecule has 1 aromatic carbocycles. The molecule has 19 heavy (non-hydrogen) atoms. The Balaban J connectivity index is 2.77. The summed E-state index contributed by atoms with van der Waals surface area (Å²) in [6, 6.07) is 4.59. The average molecular weight is 274 g/mol. The van der Waals surface area contributed by atoms with Crippen LogP contribution in [0.5, 0.6) is 0 Å². The number of nitrogens with zero attached hydrogens (tertiary/aromatic N) is 1. The summed E-state index contributed by atoms with van der Waals surface area (Å²) in [6.07, 6.45) is -4.36. The van der Waals surface area contributed by atoms with Gasteiger partial charge in [-0.3, -0.25) is 9.80 Å². The monoisotopic (exact) mass is 274 g/mol. The zero-order valence-electron chi connectivity index (χ0n) is 11.1. The van der Waals surface area contributed by atoms with E-state index in [0.29, 0.717) is 5.56 Å². The summed E-state index contributed by atoms with van der Waals surface area (Å²) < 4.78 is 37.1. The molecule has 0 aliphatic carbocycles. The molecule has 0 aliphatic heterocycles. The molecule has 1 aromatic rings. The summed E-state index contributed by atoms with van der Waals surface area (Å²) in [4.78, 5) is 11.8. The van der Waals surface area contributed by atoms with E-state index < -0.39 is 17.2 Å². The van der Waals surface area contributed by atoms with Crippen molar-refractivity contribution in [3.8, 4) is 0 Å². The molecule has 0 atom stereocenters. The molecule has 0 unspecified atom stereocenters. The average Bonchev–Trinajstić information content (AvgIpc) is 2.26. The first-order chi connectivity index (χ1) is 8.51. The third-order valence-electron chi connectivity index (χ3n) is 2.54. The second-order valence-corrected chi connectivity index (χ2v) is 5.38. The number of nitrogens with two attached hydrogens (primary N) is 1. The van der Waals surface area contributed by atoms with Gasteiger partial charge in [0.05, 0.1) is 12.1 Å². The lowest BCUT2D eigenvalue weighted by atomic mass is 9.95. The van der Waals surface area contributed by atoms with Crippen LogP contribution in [-0.4, -0.2) is 10.9 Å². The van der Waals surface area contributed by atoms with E-state index in [2.05, 4.69) is 0 Å². The minimum atomic E-state index is -4.36. The van der Waals surface area contributed by atoms with E-state index in [1.54, 1.807) is 20.8 Å². The number of hydrogen-bond acceptors (Lipinski definition) is 2. The van der Waals surface area contributed by atoms with Crippen molar-refractivity contribution in [1.82, 2.24) is 5.01 Å². The van der Waals surface area contributed by atoms with Crippen molar-refractivity contribution in [3.63, 3.8) is 0 Å². The van der Waals surface area contributed by atoms with E-state index in [1.165, 1.54) is 12.1 Å². The number of amides is 1. The Morgan fingerprint density at radius 3 is 2.00 bits per heavy atom. The number of hydrogen-bond donors (Lipinski definition) is 1. The largest absolute Gasteiger partial charge is 0.416 e. The molecule has 0 saturated heterocycles. The number of carbonyl (C=O) groups excluding carboxylic acids is 1. The Bertz CT molecular complexity index is 446. The summed E-state index contributed by atoms with van der Waals surface area (Å²) >= 11 is 0. The lowest BCUT2D eigenvalue weighted by Gasteiger charge is -2.25. The van der Waals surface area contributed by atoms with Crippen molar-refractivity contribution < 1.29 is 18.0 Å². The predicted molar refractivity (Wildman–Crippen MR) is 65.6 cm³/mol. The molecule has 0 spiro atoms. The maximum Gasteiger partial charge on any atom is 0.416 e. The van der Waals surface area contributed by atoms with Crippen LogP contribution in [0.2, 0.25) is 0 Å². The number of halogens is 3. The van der Waals surface area contributed by atoms with Gasteiger partial charge in [0.1, 0.15) is 0 Å². The van der Waals surface area contributed by atoms with Gasteiger partial charge < -0.3 is 0 Å². The smallest absolute Gasteiger partial charge is 0.276 e. The standard InChI is InChI=1S/C13H17F3N2O/c1-12(2,3)11(19)18(17)8-9-4-6-10(7-5-9)13(14,15)16/h4-7H,8,17H2,1-3H3. The summed E-state index contributed by atoms with van der Waals surface area (Å²) in [7, 11) is 0. The van der Waals surface area contributed by atoms with E-state index in [4.69, 9.17) is 5.84 Å². The second kappa shape index (κ2) is 5.21. The molecule has 0 fully saturated rings. The van der Waals surface area contributed by atoms with Gasteiger partial charge >= 0.3 is 6.18 Å². The Morgan fingerprint density at radius 2 is 1.63 bits per heavy atom. The van der Waals surface area contributed by atoms with Crippen LogP contribution in [0.15, 0.2) is 24.3 Å². The molecule has 0 saturated carbocycles. The molecule has 2 N–H and O–H groups in total. The van der Waals surface area contributed by atoms with Crippen LogP contribution >= 0.6 is 0 Å². The normalized spacial score (nSPS) is 12.4.